The maximum atomic E-state index is 9.56. The van der Waals surface area contributed by atoms with Crippen LogP contribution in [0.25, 0.3) is 0 Å². The number of phenols is 1. The second-order valence-corrected chi connectivity index (χ2v) is 4.11. The molecule has 5 heteroatoms. The fourth-order valence-electron chi connectivity index (χ4n) is 2.07. The molecule has 18 heavy (non-hydrogen) atoms. The van der Waals surface area contributed by atoms with E-state index in [9.17, 15) is 10.4 Å². The topological polar surface area (TPSA) is 65.7 Å². The molecule has 1 aromatic rings. The Bertz CT molecular complexity index is 450. The lowest BCUT2D eigenvalue weighted by Crippen LogP contribution is -2.38. The summed E-state index contributed by atoms with van der Waals surface area (Å²) in [5, 5.41) is 18.9. The quantitative estimate of drug-likeness (QED) is 0.873. The van der Waals surface area contributed by atoms with Crippen molar-refractivity contribution >= 4 is 0 Å². The number of phenolic OH excluding ortho intramolecular Hbond substituents is 1. The Labute approximate surface area is 106 Å². The third-order valence-electron chi connectivity index (χ3n) is 3.05. The molecule has 0 saturated carbocycles. The molecule has 0 aromatic heterocycles. The van der Waals surface area contributed by atoms with E-state index in [0.717, 1.165) is 18.7 Å². The van der Waals surface area contributed by atoms with Crippen LogP contribution >= 0.6 is 0 Å². The Morgan fingerprint density at radius 2 is 2.17 bits per heavy atom. The number of morpholine rings is 1. The average molecular weight is 248 g/mol. The summed E-state index contributed by atoms with van der Waals surface area (Å²) in [6.45, 7) is 2.77. The van der Waals surface area contributed by atoms with Crippen LogP contribution in [-0.4, -0.2) is 43.4 Å². The molecule has 0 radical (unpaired) electrons. The zero-order chi connectivity index (χ0) is 13.0. The van der Waals surface area contributed by atoms with Crippen LogP contribution < -0.4 is 4.74 Å². The summed E-state index contributed by atoms with van der Waals surface area (Å²) >= 11 is 0. The molecule has 1 fully saturated rings. The Morgan fingerprint density at radius 3 is 2.78 bits per heavy atom. The van der Waals surface area contributed by atoms with Crippen LogP contribution in [0.5, 0.6) is 11.5 Å². The number of ether oxygens (including phenoxy) is 2. The van der Waals surface area contributed by atoms with Crippen LogP contribution in [0.3, 0.4) is 0 Å². The Kier molecular flexibility index (Phi) is 4.03. The molecular weight excluding hydrogens is 232 g/mol. The van der Waals surface area contributed by atoms with E-state index in [4.69, 9.17) is 9.47 Å². The van der Waals surface area contributed by atoms with Gasteiger partial charge in [-0.2, -0.15) is 5.26 Å². The smallest absolute Gasteiger partial charge is 0.160 e. The van der Waals surface area contributed by atoms with Gasteiger partial charge >= 0.3 is 0 Å². The van der Waals surface area contributed by atoms with Crippen molar-refractivity contribution in [2.24, 2.45) is 0 Å². The van der Waals surface area contributed by atoms with E-state index in [1.165, 1.54) is 7.11 Å². The number of nitrogens with zero attached hydrogens (tertiary/aromatic N) is 2. The highest BCUT2D eigenvalue weighted by Crippen LogP contribution is 2.31. The zero-order valence-corrected chi connectivity index (χ0v) is 10.3. The van der Waals surface area contributed by atoms with Gasteiger partial charge in [-0.15, -0.1) is 0 Å². The number of nitriles is 1. The molecule has 1 saturated heterocycles. The standard InChI is InChI=1S/C13H16N2O3/c1-17-13-8-10(2-3-12(13)16)11(9-14)15-4-6-18-7-5-15/h2-3,8,11,16H,4-7H2,1H3/t11-/m1/s1. The Morgan fingerprint density at radius 1 is 1.44 bits per heavy atom. The first kappa shape index (κ1) is 12.7. The van der Waals surface area contributed by atoms with Crippen LogP contribution in [0.2, 0.25) is 0 Å². The van der Waals surface area contributed by atoms with Crippen LogP contribution in [0.1, 0.15) is 11.6 Å². The molecule has 96 valence electrons. The molecular formula is C13H16N2O3. The summed E-state index contributed by atoms with van der Waals surface area (Å²) in [7, 11) is 1.49. The number of benzene rings is 1. The minimum Gasteiger partial charge on any atom is -0.504 e. The fourth-order valence-corrected chi connectivity index (χ4v) is 2.07. The molecule has 0 amide bonds. The second kappa shape index (κ2) is 5.71. The van der Waals surface area contributed by atoms with Gasteiger partial charge in [-0.05, 0) is 17.7 Å². The van der Waals surface area contributed by atoms with Crippen molar-refractivity contribution in [1.82, 2.24) is 4.90 Å². The first-order chi connectivity index (χ1) is 8.76. The van der Waals surface area contributed by atoms with E-state index in [1.54, 1.807) is 18.2 Å². The normalized spacial score (nSPS) is 18.0. The molecule has 1 aliphatic rings. The molecule has 0 unspecified atom stereocenters. The number of rotatable bonds is 3. The summed E-state index contributed by atoms with van der Waals surface area (Å²) < 4.78 is 10.3. The first-order valence-corrected chi connectivity index (χ1v) is 5.84. The van der Waals surface area contributed by atoms with Crippen molar-refractivity contribution in [2.45, 2.75) is 6.04 Å². The van der Waals surface area contributed by atoms with Gasteiger partial charge in [-0.25, -0.2) is 0 Å². The molecule has 1 aromatic carbocycles. The van der Waals surface area contributed by atoms with Gasteiger partial charge in [0.25, 0.3) is 0 Å². The van der Waals surface area contributed by atoms with Gasteiger partial charge in [0, 0.05) is 13.1 Å². The molecule has 0 aliphatic carbocycles. The minimum absolute atomic E-state index is 0.0833. The second-order valence-electron chi connectivity index (χ2n) is 4.11. The molecule has 1 atom stereocenters. The number of methoxy groups -OCH3 is 1. The molecule has 0 bridgehead atoms. The van der Waals surface area contributed by atoms with E-state index in [1.807, 2.05) is 0 Å². The van der Waals surface area contributed by atoms with E-state index in [2.05, 4.69) is 11.0 Å². The first-order valence-electron chi connectivity index (χ1n) is 5.84. The van der Waals surface area contributed by atoms with Crippen molar-refractivity contribution in [3.63, 3.8) is 0 Å². The van der Waals surface area contributed by atoms with Crippen LogP contribution in [0, 0.1) is 11.3 Å². The molecule has 5 nitrogen and oxygen atoms in total. The van der Waals surface area contributed by atoms with Crippen molar-refractivity contribution in [2.75, 3.05) is 33.4 Å². The molecule has 1 heterocycles. The number of hydrogen-bond acceptors (Lipinski definition) is 5. The minimum atomic E-state index is -0.330. The van der Waals surface area contributed by atoms with E-state index < -0.39 is 0 Å². The maximum absolute atomic E-state index is 9.56. The van der Waals surface area contributed by atoms with Gasteiger partial charge in [0.1, 0.15) is 6.04 Å². The van der Waals surface area contributed by atoms with Crippen molar-refractivity contribution < 1.29 is 14.6 Å². The number of hydrogen-bond donors (Lipinski definition) is 1. The maximum Gasteiger partial charge on any atom is 0.160 e. The van der Waals surface area contributed by atoms with Crippen LogP contribution in [-0.2, 0) is 4.74 Å². The van der Waals surface area contributed by atoms with E-state index >= 15 is 0 Å². The highest BCUT2D eigenvalue weighted by Gasteiger charge is 2.23. The lowest BCUT2D eigenvalue weighted by atomic mass is 10.1. The van der Waals surface area contributed by atoms with Gasteiger partial charge in [0.15, 0.2) is 11.5 Å². The molecule has 1 aliphatic heterocycles. The van der Waals surface area contributed by atoms with Crippen LogP contribution in [0.15, 0.2) is 18.2 Å². The summed E-state index contributed by atoms with van der Waals surface area (Å²) in [4.78, 5) is 2.06. The third kappa shape index (κ3) is 2.55. The largest absolute Gasteiger partial charge is 0.504 e. The lowest BCUT2D eigenvalue weighted by molar-refractivity contribution is 0.0266. The molecule has 2 rings (SSSR count). The lowest BCUT2D eigenvalue weighted by Gasteiger charge is -2.30. The summed E-state index contributed by atoms with van der Waals surface area (Å²) in [6.07, 6.45) is 0. The SMILES string of the molecule is COc1cc([C@@H](C#N)N2CCOCC2)ccc1O. The average Bonchev–Trinajstić information content (AvgIpc) is 2.42. The van der Waals surface area contributed by atoms with Crippen molar-refractivity contribution in [1.29, 1.82) is 5.26 Å². The van der Waals surface area contributed by atoms with E-state index in [0.29, 0.717) is 19.0 Å². The molecule has 1 N–H and O–H groups in total. The summed E-state index contributed by atoms with van der Waals surface area (Å²) in [6, 6.07) is 6.97. The Hall–Kier alpha value is -1.77. The Balaban J connectivity index is 2.24. The van der Waals surface area contributed by atoms with E-state index in [-0.39, 0.29) is 11.8 Å². The van der Waals surface area contributed by atoms with Gasteiger partial charge in [-0.1, -0.05) is 6.07 Å². The summed E-state index contributed by atoms with van der Waals surface area (Å²) in [5.41, 5.74) is 0.828. The monoisotopic (exact) mass is 248 g/mol. The van der Waals surface area contributed by atoms with Gasteiger partial charge in [-0.3, -0.25) is 4.90 Å². The highest BCUT2D eigenvalue weighted by atomic mass is 16.5. The third-order valence-corrected chi connectivity index (χ3v) is 3.05. The fraction of sp³-hybridized carbons (Fsp3) is 0.462. The highest BCUT2D eigenvalue weighted by molar-refractivity contribution is 5.43. The number of aromatic hydroxyl groups is 1. The summed E-state index contributed by atoms with van der Waals surface area (Å²) in [5.74, 6) is 0.473. The van der Waals surface area contributed by atoms with Crippen molar-refractivity contribution in [3.05, 3.63) is 23.8 Å². The molecule has 0 spiro atoms. The van der Waals surface area contributed by atoms with Gasteiger partial charge in [0.2, 0.25) is 0 Å². The van der Waals surface area contributed by atoms with Crippen molar-refractivity contribution in [3.8, 4) is 17.6 Å². The predicted octanol–water partition coefficient (Wildman–Crippen LogP) is 1.30. The zero-order valence-electron chi connectivity index (χ0n) is 10.3. The van der Waals surface area contributed by atoms with Gasteiger partial charge in [0.05, 0.1) is 26.4 Å². The predicted molar refractivity (Wildman–Crippen MR) is 65.4 cm³/mol. The van der Waals surface area contributed by atoms with Gasteiger partial charge < -0.3 is 14.6 Å². The van der Waals surface area contributed by atoms with Crippen LogP contribution in [0.4, 0.5) is 0 Å².